The molecular formula is C62H82N8O7. The fraction of sp³-hybridized carbons (Fsp3) is 0.500. The lowest BCUT2D eigenvalue weighted by molar-refractivity contribution is -0.151. The summed E-state index contributed by atoms with van der Waals surface area (Å²) in [6, 6.07) is 28.3. The average Bonchev–Trinajstić information content (AvgIpc) is 3.87. The molecule has 4 aromatic carbocycles. The Morgan fingerprint density at radius 1 is 0.675 bits per heavy atom. The van der Waals surface area contributed by atoms with Gasteiger partial charge in [-0.1, -0.05) is 133 Å². The van der Waals surface area contributed by atoms with E-state index in [1.54, 1.807) is 54.8 Å². The van der Waals surface area contributed by atoms with Crippen molar-refractivity contribution >= 4 is 41.2 Å². The number of ketones is 1. The number of nitrogens with zero attached hydrogens (tertiary/aromatic N) is 3. The zero-order valence-corrected chi connectivity index (χ0v) is 46.9. The zero-order valence-electron chi connectivity index (χ0n) is 46.9. The lowest BCUT2D eigenvalue weighted by Gasteiger charge is -2.42. The smallest absolute Gasteiger partial charge is 0.251 e. The second-order valence-electron chi connectivity index (χ2n) is 23.6. The maximum absolute atomic E-state index is 15.4. The summed E-state index contributed by atoms with van der Waals surface area (Å²) in [7, 11) is 3.40. The number of amides is 6. The first kappa shape index (κ1) is 58.0. The summed E-state index contributed by atoms with van der Waals surface area (Å²) in [5.41, 5.74) is 4.87. The number of likely N-dealkylation sites (N-methyl/N-ethyl adjacent to an activating group) is 2. The van der Waals surface area contributed by atoms with E-state index in [4.69, 9.17) is 0 Å². The maximum Gasteiger partial charge on any atom is 0.251 e. The van der Waals surface area contributed by atoms with Gasteiger partial charge in [0.2, 0.25) is 29.5 Å². The third-order valence-electron chi connectivity index (χ3n) is 16.0. The Hall–Kier alpha value is -6.71. The molecule has 1 aliphatic carbocycles. The normalized spacial score (nSPS) is 19.9. The summed E-state index contributed by atoms with van der Waals surface area (Å²) < 4.78 is 0. The molecule has 412 valence electrons. The Morgan fingerprint density at radius 2 is 1.30 bits per heavy atom. The van der Waals surface area contributed by atoms with Crippen LogP contribution in [0.2, 0.25) is 0 Å². The van der Waals surface area contributed by atoms with Gasteiger partial charge in [-0.3, -0.25) is 33.6 Å². The van der Waals surface area contributed by atoms with Crippen LogP contribution in [0.5, 0.6) is 0 Å². The molecule has 0 aromatic heterocycles. The highest BCUT2D eigenvalue weighted by Gasteiger charge is 2.47. The van der Waals surface area contributed by atoms with Crippen molar-refractivity contribution in [2.24, 2.45) is 16.7 Å². The largest absolute Gasteiger partial charge is 0.347 e. The van der Waals surface area contributed by atoms with Crippen molar-refractivity contribution in [3.8, 4) is 0 Å². The minimum atomic E-state index is -0.963. The molecule has 2 heterocycles. The van der Waals surface area contributed by atoms with E-state index in [2.05, 4.69) is 32.7 Å². The Morgan fingerprint density at radius 3 is 1.94 bits per heavy atom. The highest BCUT2D eigenvalue weighted by Crippen LogP contribution is 2.37. The van der Waals surface area contributed by atoms with Gasteiger partial charge in [0.15, 0.2) is 0 Å². The van der Waals surface area contributed by atoms with Crippen LogP contribution in [0.25, 0.3) is 0 Å². The number of likely N-dealkylation sites (tertiary alicyclic amines) is 1. The van der Waals surface area contributed by atoms with Crippen LogP contribution in [-0.4, -0.2) is 120 Å². The molecule has 2 unspecified atom stereocenters. The van der Waals surface area contributed by atoms with Crippen molar-refractivity contribution in [3.05, 3.63) is 142 Å². The summed E-state index contributed by atoms with van der Waals surface area (Å²) in [6.45, 7) is 15.9. The third-order valence-corrected chi connectivity index (χ3v) is 16.0. The monoisotopic (exact) mass is 1050 g/mol. The predicted octanol–water partition coefficient (Wildman–Crippen LogP) is 6.65. The third kappa shape index (κ3) is 14.1. The molecule has 3 aliphatic rings. The van der Waals surface area contributed by atoms with Crippen LogP contribution in [0.3, 0.4) is 0 Å². The molecule has 15 nitrogen and oxygen atoms in total. The number of benzene rings is 4. The van der Waals surface area contributed by atoms with Crippen molar-refractivity contribution in [1.82, 2.24) is 41.3 Å². The molecule has 15 heteroatoms. The Kier molecular flexibility index (Phi) is 19.0. The molecule has 1 saturated heterocycles. The Balaban J connectivity index is 1.13. The molecule has 0 bridgehead atoms. The Labute approximate surface area is 456 Å². The molecule has 0 radical (unpaired) electrons. The first-order valence-electron chi connectivity index (χ1n) is 27.6. The number of rotatable bonds is 19. The van der Waals surface area contributed by atoms with E-state index in [0.29, 0.717) is 24.9 Å². The van der Waals surface area contributed by atoms with E-state index in [1.165, 1.54) is 5.56 Å². The number of aryl methyl sites for hydroxylation is 1. The van der Waals surface area contributed by atoms with Gasteiger partial charge in [0.1, 0.15) is 23.9 Å². The van der Waals surface area contributed by atoms with Crippen molar-refractivity contribution in [2.45, 2.75) is 149 Å². The zero-order chi connectivity index (χ0) is 55.8. The molecule has 1 fully saturated rings. The molecule has 5 N–H and O–H groups in total. The number of carbonyl (C=O) groups is 7. The summed E-state index contributed by atoms with van der Waals surface area (Å²) in [4.78, 5) is 105. The van der Waals surface area contributed by atoms with Crippen molar-refractivity contribution in [2.75, 3.05) is 33.7 Å². The predicted molar refractivity (Wildman–Crippen MR) is 299 cm³/mol. The number of hydrogen-bond donors (Lipinski definition) is 5. The fourth-order valence-electron chi connectivity index (χ4n) is 11.0. The van der Waals surface area contributed by atoms with Gasteiger partial charge in [-0.2, -0.15) is 0 Å². The topological polar surface area (TPSA) is 189 Å². The van der Waals surface area contributed by atoms with E-state index in [0.717, 1.165) is 47.1 Å². The van der Waals surface area contributed by atoms with Gasteiger partial charge < -0.3 is 41.3 Å². The summed E-state index contributed by atoms with van der Waals surface area (Å²) >= 11 is 0. The first-order valence-corrected chi connectivity index (χ1v) is 27.6. The van der Waals surface area contributed by atoms with Crippen molar-refractivity contribution in [1.29, 1.82) is 0 Å². The van der Waals surface area contributed by atoms with Crippen LogP contribution >= 0.6 is 0 Å². The van der Waals surface area contributed by atoms with Crippen LogP contribution in [0, 0.1) is 16.7 Å². The number of fused-ring (bicyclic) bond motifs is 2. The van der Waals surface area contributed by atoms with Gasteiger partial charge in [-0.25, -0.2) is 0 Å². The van der Waals surface area contributed by atoms with Crippen molar-refractivity contribution in [3.63, 3.8) is 0 Å². The Bertz CT molecular complexity index is 2750. The molecule has 7 rings (SSSR count). The van der Waals surface area contributed by atoms with Crippen LogP contribution < -0.4 is 26.6 Å². The van der Waals surface area contributed by atoms with Crippen LogP contribution in [0.15, 0.2) is 103 Å². The standard InChI is InChI=1S/C62H82N8O7/c1-39(63-9)52(71)36-49(61(3,4)5)58(75)70-38-46(35-51(70)57(74)66-50-26-18-23-43-21-14-16-24-47(43)50)65-56(73)45-29-27-42(28-30-45)37-68(33-31-41-19-12-11-13-20-41)59(76)53-48-25-17-15-22-44(48)32-34-69(53)60(77)54(62(6,7)8)67-55(72)40(2)64-10/h11-17,19-22,24-25,27-30,39-40,46,49-51,53-54,63-64H,18,23,26,31-38H2,1-10H3,(H,65,73)(H,66,74)(H,67,72)/t39-,40-,46?,49+,50?,51-,53-,54+/m0/s1. The van der Waals surface area contributed by atoms with E-state index in [-0.39, 0.29) is 79.7 Å². The number of hydrogen-bond acceptors (Lipinski definition) is 9. The average molecular weight is 1050 g/mol. The number of nitrogens with one attached hydrogen (secondary N) is 5. The lowest BCUT2D eigenvalue weighted by atomic mass is 9.76. The second-order valence-corrected chi connectivity index (χ2v) is 23.6. The summed E-state index contributed by atoms with van der Waals surface area (Å²) in [6.07, 6.45) is 3.89. The molecule has 8 atom stereocenters. The minimum Gasteiger partial charge on any atom is -0.347 e. The summed E-state index contributed by atoms with van der Waals surface area (Å²) in [5, 5.41) is 15.3. The van der Waals surface area contributed by atoms with Gasteiger partial charge in [-0.15, -0.1) is 0 Å². The van der Waals surface area contributed by atoms with Gasteiger partial charge in [0.25, 0.3) is 5.91 Å². The van der Waals surface area contributed by atoms with E-state index in [1.807, 2.05) is 126 Å². The number of carbonyl (C=O) groups excluding carboxylic acids is 7. The van der Waals surface area contributed by atoms with Gasteiger partial charge in [0.05, 0.1) is 18.1 Å². The maximum atomic E-state index is 15.4. The van der Waals surface area contributed by atoms with E-state index >= 15 is 4.79 Å². The fourth-order valence-corrected chi connectivity index (χ4v) is 11.0. The molecule has 0 spiro atoms. The molecule has 0 saturated carbocycles. The van der Waals surface area contributed by atoms with Crippen LogP contribution in [-0.2, 0) is 54.6 Å². The van der Waals surface area contributed by atoms with Gasteiger partial charge in [0, 0.05) is 50.1 Å². The lowest BCUT2D eigenvalue weighted by Crippen LogP contribution is -2.60. The molecule has 6 amide bonds. The number of Topliss-reactive ketones (excluding diaryl/α,β-unsaturated/α-hetero) is 1. The second kappa shape index (κ2) is 25.2. The van der Waals surface area contributed by atoms with Crippen LogP contribution in [0.4, 0.5) is 0 Å². The quantitative estimate of drug-likeness (QED) is 0.0686. The van der Waals surface area contributed by atoms with E-state index < -0.39 is 53.0 Å². The minimum absolute atomic E-state index is 0.00207. The molecular weight excluding hydrogens is 969 g/mol. The van der Waals surface area contributed by atoms with Gasteiger partial charge in [-0.05, 0) is 123 Å². The highest BCUT2D eigenvalue weighted by atomic mass is 16.2. The molecule has 4 aromatic rings. The van der Waals surface area contributed by atoms with Gasteiger partial charge >= 0.3 is 0 Å². The SMILES string of the molecule is CN[C@@H](C)C(=O)C[C@H](C(=O)N1CC(NC(=O)c2ccc(CN(CCc3ccccc3)C(=O)[C@@H]3c4ccccc4CCN3C(=O)[C@@H](NC(=O)[C@H](C)NC)C(C)(C)C)cc2)C[C@H]1C(=O)NC1CCCc2ccccc21)C(C)(C)C. The van der Waals surface area contributed by atoms with Crippen LogP contribution in [0.1, 0.15) is 137 Å². The van der Waals surface area contributed by atoms with E-state index in [9.17, 15) is 28.8 Å². The van der Waals surface area contributed by atoms with Crippen molar-refractivity contribution < 1.29 is 33.6 Å². The summed E-state index contributed by atoms with van der Waals surface area (Å²) in [5.74, 6) is -2.68. The highest BCUT2D eigenvalue weighted by molar-refractivity contribution is 5.97. The first-order chi connectivity index (χ1) is 36.6. The molecule has 2 aliphatic heterocycles. The molecule has 77 heavy (non-hydrogen) atoms.